The second kappa shape index (κ2) is 7.40. The van der Waals surface area contributed by atoms with Crippen molar-refractivity contribution in [2.75, 3.05) is 19.8 Å². The highest BCUT2D eigenvalue weighted by atomic mass is 19.4. The van der Waals surface area contributed by atoms with Crippen LogP contribution in [0.25, 0.3) is 0 Å². The maximum absolute atomic E-state index is 12.6. The molecule has 0 atom stereocenters. The van der Waals surface area contributed by atoms with E-state index in [0.29, 0.717) is 0 Å². The number of hydrogen-bond donors (Lipinski definition) is 1. The minimum atomic E-state index is -4.40. The molecule has 0 spiro atoms. The number of halogens is 5. The standard InChI is InChI=1S/C12H14F5NO/c13-11(14)8-19-6-5-18-7-9-3-1-2-4-10(9)12(15,16)17/h1-4,11,18H,5-8H2. The molecule has 2 nitrogen and oxygen atoms in total. The van der Waals surface area contributed by atoms with E-state index in [2.05, 4.69) is 10.1 Å². The van der Waals surface area contributed by atoms with Crippen LogP contribution in [0.15, 0.2) is 24.3 Å². The van der Waals surface area contributed by atoms with Gasteiger partial charge in [-0.1, -0.05) is 18.2 Å². The van der Waals surface area contributed by atoms with Crippen molar-refractivity contribution in [3.05, 3.63) is 35.4 Å². The molecule has 0 heterocycles. The summed E-state index contributed by atoms with van der Waals surface area (Å²) in [6.45, 7) is -0.425. The van der Waals surface area contributed by atoms with E-state index < -0.39 is 24.8 Å². The molecule has 0 aliphatic heterocycles. The van der Waals surface area contributed by atoms with Gasteiger partial charge in [-0.2, -0.15) is 13.2 Å². The molecule has 1 aromatic rings. The van der Waals surface area contributed by atoms with Crippen molar-refractivity contribution >= 4 is 0 Å². The van der Waals surface area contributed by atoms with Gasteiger partial charge in [0.25, 0.3) is 6.43 Å². The predicted molar refractivity (Wildman–Crippen MR) is 60.0 cm³/mol. The van der Waals surface area contributed by atoms with E-state index in [4.69, 9.17) is 0 Å². The molecule has 1 rings (SSSR count). The summed E-state index contributed by atoms with van der Waals surface area (Å²) in [5, 5.41) is 2.72. The van der Waals surface area contributed by atoms with Crippen LogP contribution >= 0.6 is 0 Å². The molecule has 0 bridgehead atoms. The number of alkyl halides is 5. The van der Waals surface area contributed by atoms with Crippen LogP contribution in [-0.4, -0.2) is 26.2 Å². The first kappa shape index (κ1) is 15.8. The summed E-state index contributed by atoms with van der Waals surface area (Å²) in [6, 6.07) is 5.21. The van der Waals surface area contributed by atoms with Crippen molar-refractivity contribution in [3.8, 4) is 0 Å². The first-order chi connectivity index (χ1) is 8.91. The van der Waals surface area contributed by atoms with Crippen LogP contribution in [0.2, 0.25) is 0 Å². The number of benzene rings is 1. The smallest absolute Gasteiger partial charge is 0.374 e. The van der Waals surface area contributed by atoms with Crippen LogP contribution in [0.5, 0.6) is 0 Å². The molecule has 0 saturated heterocycles. The van der Waals surface area contributed by atoms with Gasteiger partial charge in [0.05, 0.1) is 12.2 Å². The molecular formula is C12H14F5NO. The van der Waals surface area contributed by atoms with Crippen LogP contribution in [0.3, 0.4) is 0 Å². The summed E-state index contributed by atoms with van der Waals surface area (Å²) >= 11 is 0. The van der Waals surface area contributed by atoms with E-state index in [9.17, 15) is 22.0 Å². The lowest BCUT2D eigenvalue weighted by atomic mass is 10.1. The van der Waals surface area contributed by atoms with Crippen LogP contribution < -0.4 is 5.32 Å². The summed E-state index contributed by atoms with van der Waals surface area (Å²) in [4.78, 5) is 0. The Labute approximate surface area is 107 Å². The monoisotopic (exact) mass is 283 g/mol. The average molecular weight is 283 g/mol. The molecule has 1 N–H and O–H groups in total. The van der Waals surface area contributed by atoms with Crippen LogP contribution in [0, 0.1) is 0 Å². The number of rotatable bonds is 7. The first-order valence-corrected chi connectivity index (χ1v) is 5.63. The molecule has 108 valence electrons. The first-order valence-electron chi connectivity index (χ1n) is 5.63. The minimum absolute atomic E-state index is 0.00766. The summed E-state index contributed by atoms with van der Waals surface area (Å²) in [7, 11) is 0. The summed E-state index contributed by atoms with van der Waals surface area (Å²) in [5.41, 5.74) is -0.583. The van der Waals surface area contributed by atoms with Crippen molar-refractivity contribution in [2.24, 2.45) is 0 Å². The highest BCUT2D eigenvalue weighted by Gasteiger charge is 2.32. The predicted octanol–water partition coefficient (Wildman–Crippen LogP) is 3.08. The fourth-order valence-electron chi connectivity index (χ4n) is 1.49. The fraction of sp³-hybridized carbons (Fsp3) is 0.500. The Morgan fingerprint density at radius 3 is 2.47 bits per heavy atom. The third kappa shape index (κ3) is 5.98. The molecule has 0 aliphatic rings. The van der Waals surface area contributed by atoms with Gasteiger partial charge in [-0.25, -0.2) is 8.78 Å². The molecular weight excluding hydrogens is 269 g/mol. The van der Waals surface area contributed by atoms with E-state index in [-0.39, 0.29) is 25.3 Å². The molecule has 0 aromatic heterocycles. The lowest BCUT2D eigenvalue weighted by Crippen LogP contribution is -2.22. The Hall–Kier alpha value is -1.21. The average Bonchev–Trinajstić information content (AvgIpc) is 2.32. The van der Waals surface area contributed by atoms with Gasteiger partial charge in [0.2, 0.25) is 0 Å². The molecule has 1 aromatic carbocycles. The number of ether oxygens (including phenoxy) is 1. The van der Waals surface area contributed by atoms with Crippen LogP contribution in [-0.2, 0) is 17.5 Å². The Balaban J connectivity index is 2.37. The van der Waals surface area contributed by atoms with E-state index in [1.807, 2.05) is 0 Å². The van der Waals surface area contributed by atoms with Gasteiger partial charge in [-0.05, 0) is 11.6 Å². The Morgan fingerprint density at radius 2 is 1.84 bits per heavy atom. The Morgan fingerprint density at radius 1 is 1.16 bits per heavy atom. The zero-order chi connectivity index (χ0) is 14.3. The second-order valence-corrected chi connectivity index (χ2v) is 3.80. The van der Waals surface area contributed by atoms with E-state index in [0.717, 1.165) is 6.07 Å². The highest BCUT2D eigenvalue weighted by Crippen LogP contribution is 2.31. The molecule has 0 unspecified atom stereocenters. The molecule has 19 heavy (non-hydrogen) atoms. The molecule has 0 fully saturated rings. The quantitative estimate of drug-likeness (QED) is 0.613. The third-order valence-corrected chi connectivity index (χ3v) is 2.31. The van der Waals surface area contributed by atoms with Gasteiger partial charge in [-0.3, -0.25) is 0 Å². The summed E-state index contributed by atoms with van der Waals surface area (Å²) in [5.74, 6) is 0. The summed E-state index contributed by atoms with van der Waals surface area (Å²) < 4.78 is 65.9. The van der Waals surface area contributed by atoms with Gasteiger partial charge in [0.1, 0.15) is 6.61 Å². The largest absolute Gasteiger partial charge is 0.416 e. The molecule has 0 amide bonds. The minimum Gasteiger partial charge on any atom is -0.374 e. The second-order valence-electron chi connectivity index (χ2n) is 3.80. The van der Waals surface area contributed by atoms with E-state index in [1.54, 1.807) is 0 Å². The third-order valence-electron chi connectivity index (χ3n) is 2.31. The highest BCUT2D eigenvalue weighted by molar-refractivity contribution is 5.29. The van der Waals surface area contributed by atoms with Crippen molar-refractivity contribution in [1.82, 2.24) is 5.32 Å². The van der Waals surface area contributed by atoms with Gasteiger partial charge in [-0.15, -0.1) is 0 Å². The van der Waals surface area contributed by atoms with Crippen molar-refractivity contribution in [3.63, 3.8) is 0 Å². The topological polar surface area (TPSA) is 21.3 Å². The van der Waals surface area contributed by atoms with Crippen molar-refractivity contribution in [2.45, 2.75) is 19.1 Å². The van der Waals surface area contributed by atoms with E-state index in [1.165, 1.54) is 18.2 Å². The van der Waals surface area contributed by atoms with Crippen LogP contribution in [0.4, 0.5) is 22.0 Å². The Kier molecular flexibility index (Phi) is 6.17. The van der Waals surface area contributed by atoms with E-state index >= 15 is 0 Å². The maximum atomic E-state index is 12.6. The Bertz CT molecular complexity index is 381. The zero-order valence-electron chi connectivity index (χ0n) is 10.0. The normalized spacial score (nSPS) is 12.1. The maximum Gasteiger partial charge on any atom is 0.416 e. The van der Waals surface area contributed by atoms with Crippen molar-refractivity contribution < 1.29 is 26.7 Å². The zero-order valence-corrected chi connectivity index (χ0v) is 10.0. The van der Waals surface area contributed by atoms with Gasteiger partial charge in [0, 0.05) is 13.1 Å². The molecule has 0 aliphatic carbocycles. The SMILES string of the molecule is FC(F)COCCNCc1ccccc1C(F)(F)F. The molecule has 7 heteroatoms. The molecule has 0 radical (unpaired) electrons. The number of hydrogen-bond acceptors (Lipinski definition) is 2. The van der Waals surface area contributed by atoms with Gasteiger partial charge >= 0.3 is 6.18 Å². The van der Waals surface area contributed by atoms with Crippen LogP contribution in [0.1, 0.15) is 11.1 Å². The van der Waals surface area contributed by atoms with Gasteiger partial charge < -0.3 is 10.1 Å². The fourth-order valence-corrected chi connectivity index (χ4v) is 1.49. The lowest BCUT2D eigenvalue weighted by Gasteiger charge is -2.13. The lowest BCUT2D eigenvalue weighted by molar-refractivity contribution is -0.138. The van der Waals surface area contributed by atoms with Gasteiger partial charge in [0.15, 0.2) is 0 Å². The number of nitrogens with one attached hydrogen (secondary N) is 1. The molecule has 0 saturated carbocycles. The van der Waals surface area contributed by atoms with Crippen molar-refractivity contribution in [1.29, 1.82) is 0 Å². The summed E-state index contributed by atoms with van der Waals surface area (Å²) in [6.07, 6.45) is -6.93.